The predicted octanol–water partition coefficient (Wildman–Crippen LogP) is 2.96. The van der Waals surface area contributed by atoms with E-state index in [1.54, 1.807) is 0 Å². The Labute approximate surface area is 122 Å². The van der Waals surface area contributed by atoms with Crippen molar-refractivity contribution >= 4 is 5.97 Å². The number of nitrogens with one attached hydrogen (secondary N) is 1. The van der Waals surface area contributed by atoms with E-state index in [1.807, 2.05) is 13.8 Å². The summed E-state index contributed by atoms with van der Waals surface area (Å²) in [6.45, 7) is 4.81. The van der Waals surface area contributed by atoms with E-state index in [1.165, 1.54) is 19.3 Å². The van der Waals surface area contributed by atoms with Gasteiger partial charge in [-0.1, -0.05) is 19.3 Å². The van der Waals surface area contributed by atoms with Crippen LogP contribution in [0.5, 0.6) is 0 Å². The SMILES string of the molecule is CC(C)NC1(C(=O)O)CCCC(OCCC2CCC2)C1. The molecule has 0 radical (unpaired) electrons. The molecule has 2 aliphatic rings. The molecule has 0 bridgehead atoms. The molecule has 0 heterocycles. The van der Waals surface area contributed by atoms with Crippen LogP contribution >= 0.6 is 0 Å². The molecular weight excluding hydrogens is 254 g/mol. The number of ether oxygens (including phenoxy) is 1. The minimum Gasteiger partial charge on any atom is -0.480 e. The summed E-state index contributed by atoms with van der Waals surface area (Å²) in [5.41, 5.74) is -0.784. The molecule has 116 valence electrons. The first-order valence-electron chi connectivity index (χ1n) is 8.14. The lowest BCUT2D eigenvalue weighted by molar-refractivity contribution is -0.149. The second-order valence-electron chi connectivity index (χ2n) is 6.86. The van der Waals surface area contributed by atoms with E-state index >= 15 is 0 Å². The molecule has 0 aromatic carbocycles. The van der Waals surface area contributed by atoms with Gasteiger partial charge in [0.05, 0.1) is 6.10 Å². The highest BCUT2D eigenvalue weighted by atomic mass is 16.5. The zero-order chi connectivity index (χ0) is 14.6. The Morgan fingerprint density at radius 2 is 2.10 bits per heavy atom. The van der Waals surface area contributed by atoms with Crippen LogP contribution in [0.4, 0.5) is 0 Å². The van der Waals surface area contributed by atoms with Crippen molar-refractivity contribution in [2.24, 2.45) is 5.92 Å². The molecule has 2 rings (SSSR count). The zero-order valence-electron chi connectivity index (χ0n) is 12.9. The lowest BCUT2D eigenvalue weighted by Gasteiger charge is -2.39. The fourth-order valence-electron chi connectivity index (χ4n) is 3.49. The van der Waals surface area contributed by atoms with Gasteiger partial charge in [0.1, 0.15) is 5.54 Å². The summed E-state index contributed by atoms with van der Waals surface area (Å²) < 4.78 is 5.97. The number of hydrogen-bond donors (Lipinski definition) is 2. The van der Waals surface area contributed by atoms with E-state index in [0.29, 0.717) is 12.8 Å². The summed E-state index contributed by atoms with van der Waals surface area (Å²) in [7, 11) is 0. The smallest absolute Gasteiger partial charge is 0.324 e. The van der Waals surface area contributed by atoms with Crippen LogP contribution in [0.15, 0.2) is 0 Å². The monoisotopic (exact) mass is 283 g/mol. The van der Waals surface area contributed by atoms with Crippen LogP contribution in [0, 0.1) is 5.92 Å². The third kappa shape index (κ3) is 3.95. The van der Waals surface area contributed by atoms with Crippen LogP contribution in [0.1, 0.15) is 65.2 Å². The lowest BCUT2D eigenvalue weighted by atomic mass is 9.79. The summed E-state index contributed by atoms with van der Waals surface area (Å²) in [5.74, 6) is 0.134. The summed E-state index contributed by atoms with van der Waals surface area (Å²) in [6, 6.07) is 0.180. The fraction of sp³-hybridized carbons (Fsp3) is 0.938. The molecule has 2 saturated carbocycles. The van der Waals surface area contributed by atoms with Crippen molar-refractivity contribution in [2.45, 2.75) is 82.9 Å². The van der Waals surface area contributed by atoms with Crippen molar-refractivity contribution in [3.8, 4) is 0 Å². The molecule has 0 aromatic rings. The van der Waals surface area contributed by atoms with E-state index in [0.717, 1.165) is 31.8 Å². The minimum absolute atomic E-state index is 0.103. The molecule has 0 saturated heterocycles. The van der Waals surface area contributed by atoms with E-state index in [-0.39, 0.29) is 12.1 Å². The van der Waals surface area contributed by atoms with Gasteiger partial charge in [-0.15, -0.1) is 0 Å². The molecule has 2 fully saturated rings. The first kappa shape index (κ1) is 15.8. The van der Waals surface area contributed by atoms with Gasteiger partial charge in [-0.05, 0) is 45.4 Å². The third-order valence-corrected chi connectivity index (χ3v) is 4.78. The van der Waals surface area contributed by atoms with Crippen LogP contribution in [-0.2, 0) is 9.53 Å². The Balaban J connectivity index is 1.82. The Morgan fingerprint density at radius 3 is 2.65 bits per heavy atom. The van der Waals surface area contributed by atoms with Crippen LogP contribution in [0.25, 0.3) is 0 Å². The average molecular weight is 283 g/mol. The summed E-state index contributed by atoms with van der Waals surface area (Å²) in [6.07, 6.45) is 8.56. The fourth-order valence-corrected chi connectivity index (χ4v) is 3.49. The van der Waals surface area contributed by atoms with Crippen LogP contribution in [0.3, 0.4) is 0 Å². The van der Waals surface area contributed by atoms with E-state index in [2.05, 4.69) is 5.32 Å². The third-order valence-electron chi connectivity index (χ3n) is 4.78. The minimum atomic E-state index is -0.784. The lowest BCUT2D eigenvalue weighted by Crippen LogP contribution is -2.58. The van der Waals surface area contributed by atoms with Gasteiger partial charge in [-0.2, -0.15) is 0 Å². The molecule has 4 heteroatoms. The molecule has 4 nitrogen and oxygen atoms in total. The van der Waals surface area contributed by atoms with Gasteiger partial charge in [0.2, 0.25) is 0 Å². The molecule has 0 aliphatic heterocycles. The quantitative estimate of drug-likeness (QED) is 0.754. The van der Waals surface area contributed by atoms with Crippen LogP contribution in [-0.4, -0.2) is 35.4 Å². The highest BCUT2D eigenvalue weighted by Gasteiger charge is 2.43. The molecule has 2 aliphatic carbocycles. The van der Waals surface area contributed by atoms with Crippen LogP contribution in [0.2, 0.25) is 0 Å². The molecular formula is C16H29NO3. The summed E-state index contributed by atoms with van der Waals surface area (Å²) in [5, 5.41) is 12.9. The molecule has 0 aromatic heterocycles. The van der Waals surface area contributed by atoms with Crippen molar-refractivity contribution in [3.63, 3.8) is 0 Å². The second kappa shape index (κ2) is 6.90. The summed E-state index contributed by atoms with van der Waals surface area (Å²) in [4.78, 5) is 11.7. The number of aliphatic carboxylic acids is 1. The maximum absolute atomic E-state index is 11.7. The van der Waals surface area contributed by atoms with Crippen molar-refractivity contribution < 1.29 is 14.6 Å². The molecule has 2 unspecified atom stereocenters. The maximum Gasteiger partial charge on any atom is 0.324 e. The van der Waals surface area contributed by atoms with Crippen molar-refractivity contribution in [1.29, 1.82) is 0 Å². The van der Waals surface area contributed by atoms with Gasteiger partial charge >= 0.3 is 5.97 Å². The van der Waals surface area contributed by atoms with E-state index in [9.17, 15) is 9.90 Å². The Kier molecular flexibility index (Phi) is 5.44. The number of carboxylic acids is 1. The van der Waals surface area contributed by atoms with Crippen molar-refractivity contribution in [2.75, 3.05) is 6.61 Å². The summed E-state index contributed by atoms with van der Waals surface area (Å²) >= 11 is 0. The first-order valence-corrected chi connectivity index (χ1v) is 8.14. The van der Waals surface area contributed by atoms with E-state index in [4.69, 9.17) is 4.74 Å². The Bertz CT molecular complexity index is 328. The van der Waals surface area contributed by atoms with Gasteiger partial charge < -0.3 is 9.84 Å². The van der Waals surface area contributed by atoms with Crippen LogP contribution < -0.4 is 5.32 Å². The number of hydrogen-bond acceptors (Lipinski definition) is 3. The standard InChI is InChI=1S/C16H29NO3/c1-12(2)17-16(15(18)19)9-4-7-14(11-16)20-10-8-13-5-3-6-13/h12-14,17H,3-11H2,1-2H3,(H,18,19). The largest absolute Gasteiger partial charge is 0.480 e. The van der Waals surface area contributed by atoms with Crippen molar-refractivity contribution in [3.05, 3.63) is 0 Å². The Morgan fingerprint density at radius 1 is 1.35 bits per heavy atom. The normalized spacial score (nSPS) is 31.2. The number of rotatable bonds is 7. The maximum atomic E-state index is 11.7. The Hall–Kier alpha value is -0.610. The van der Waals surface area contributed by atoms with E-state index < -0.39 is 11.5 Å². The van der Waals surface area contributed by atoms with Gasteiger partial charge in [0, 0.05) is 19.1 Å². The number of carbonyl (C=O) groups is 1. The molecule has 2 N–H and O–H groups in total. The number of carboxylic acid groups (broad SMARTS) is 1. The molecule has 20 heavy (non-hydrogen) atoms. The zero-order valence-corrected chi connectivity index (χ0v) is 12.9. The van der Waals surface area contributed by atoms with Gasteiger partial charge in [0.25, 0.3) is 0 Å². The molecule has 2 atom stereocenters. The topological polar surface area (TPSA) is 58.6 Å². The molecule has 0 spiro atoms. The predicted molar refractivity (Wildman–Crippen MR) is 78.8 cm³/mol. The van der Waals surface area contributed by atoms with Crippen molar-refractivity contribution in [1.82, 2.24) is 5.32 Å². The van der Waals surface area contributed by atoms with Gasteiger partial charge in [-0.3, -0.25) is 10.1 Å². The van der Waals surface area contributed by atoms with Gasteiger partial charge in [0.15, 0.2) is 0 Å². The second-order valence-corrected chi connectivity index (χ2v) is 6.86. The van der Waals surface area contributed by atoms with Gasteiger partial charge in [-0.25, -0.2) is 0 Å². The highest BCUT2D eigenvalue weighted by Crippen LogP contribution is 2.33. The first-order chi connectivity index (χ1) is 9.52. The highest BCUT2D eigenvalue weighted by molar-refractivity contribution is 5.79. The average Bonchev–Trinajstić information content (AvgIpc) is 2.31. The molecule has 0 amide bonds.